The summed E-state index contributed by atoms with van der Waals surface area (Å²) < 4.78 is 0. The van der Waals surface area contributed by atoms with Crippen LogP contribution in [0.15, 0.2) is 24.3 Å². The van der Waals surface area contributed by atoms with Crippen LogP contribution in [0.1, 0.15) is 24.0 Å². The minimum atomic E-state index is -0.781. The number of carboxylic acids is 1. The third-order valence-electron chi connectivity index (χ3n) is 3.52. The van der Waals surface area contributed by atoms with Crippen molar-refractivity contribution in [3.63, 3.8) is 0 Å². The minimum absolute atomic E-state index is 0.127. The van der Waals surface area contributed by atoms with Crippen molar-refractivity contribution >= 4 is 11.9 Å². The van der Waals surface area contributed by atoms with Gasteiger partial charge in [-0.25, -0.2) is 0 Å². The standard InChI is InChI=1S/C15H19NO3/c1-11-2-4-12(5-3-11)6-7-14(17)16-9-13(10-16)8-15(18)19/h2-5,13H,6-10H2,1H3,(H,18,19). The molecule has 0 aromatic heterocycles. The molecule has 0 atom stereocenters. The van der Waals surface area contributed by atoms with E-state index in [4.69, 9.17) is 5.11 Å². The lowest BCUT2D eigenvalue weighted by atomic mass is 9.95. The average Bonchev–Trinajstić information content (AvgIpc) is 2.32. The van der Waals surface area contributed by atoms with Gasteiger partial charge < -0.3 is 10.0 Å². The molecular formula is C15H19NO3. The first-order chi connectivity index (χ1) is 9.04. The summed E-state index contributed by atoms with van der Waals surface area (Å²) in [5, 5.41) is 8.64. The molecule has 2 rings (SSSR count). The molecule has 1 heterocycles. The number of carboxylic acid groups (broad SMARTS) is 1. The second-order valence-corrected chi connectivity index (χ2v) is 5.25. The third kappa shape index (κ3) is 3.81. The number of rotatable bonds is 5. The first-order valence-electron chi connectivity index (χ1n) is 6.59. The number of likely N-dealkylation sites (tertiary alicyclic amines) is 1. The SMILES string of the molecule is Cc1ccc(CCC(=O)N2CC(CC(=O)O)C2)cc1. The summed E-state index contributed by atoms with van der Waals surface area (Å²) in [6, 6.07) is 8.19. The molecular weight excluding hydrogens is 242 g/mol. The number of aryl methyl sites for hydroxylation is 2. The van der Waals surface area contributed by atoms with E-state index in [0.717, 1.165) is 6.42 Å². The van der Waals surface area contributed by atoms with E-state index in [0.29, 0.717) is 19.5 Å². The van der Waals surface area contributed by atoms with E-state index in [9.17, 15) is 9.59 Å². The lowest BCUT2D eigenvalue weighted by Gasteiger charge is -2.38. The van der Waals surface area contributed by atoms with Gasteiger partial charge in [0.05, 0.1) is 6.42 Å². The van der Waals surface area contributed by atoms with E-state index in [2.05, 4.69) is 0 Å². The molecule has 19 heavy (non-hydrogen) atoms. The second-order valence-electron chi connectivity index (χ2n) is 5.25. The summed E-state index contributed by atoms with van der Waals surface area (Å²) in [5.74, 6) is -0.514. The van der Waals surface area contributed by atoms with E-state index in [-0.39, 0.29) is 18.2 Å². The highest BCUT2D eigenvalue weighted by atomic mass is 16.4. The highest BCUT2D eigenvalue weighted by molar-refractivity contribution is 5.77. The molecule has 4 nitrogen and oxygen atoms in total. The number of carbonyl (C=O) groups excluding carboxylic acids is 1. The van der Waals surface area contributed by atoms with Crippen LogP contribution in [0, 0.1) is 12.8 Å². The Morgan fingerprint density at radius 1 is 1.26 bits per heavy atom. The Bertz CT molecular complexity index is 461. The highest BCUT2D eigenvalue weighted by Gasteiger charge is 2.31. The number of hydrogen-bond donors (Lipinski definition) is 1. The van der Waals surface area contributed by atoms with Crippen LogP contribution in [0.25, 0.3) is 0 Å². The van der Waals surface area contributed by atoms with Crippen molar-refractivity contribution in [3.8, 4) is 0 Å². The number of amides is 1. The summed E-state index contributed by atoms with van der Waals surface area (Å²) in [5.41, 5.74) is 2.39. The van der Waals surface area contributed by atoms with Crippen LogP contribution in [-0.2, 0) is 16.0 Å². The molecule has 1 saturated heterocycles. The molecule has 0 saturated carbocycles. The summed E-state index contributed by atoms with van der Waals surface area (Å²) in [4.78, 5) is 24.1. The van der Waals surface area contributed by atoms with Crippen molar-refractivity contribution in [3.05, 3.63) is 35.4 Å². The van der Waals surface area contributed by atoms with Crippen LogP contribution < -0.4 is 0 Å². The largest absolute Gasteiger partial charge is 0.481 e. The van der Waals surface area contributed by atoms with Crippen molar-refractivity contribution < 1.29 is 14.7 Å². The monoisotopic (exact) mass is 261 g/mol. The smallest absolute Gasteiger partial charge is 0.303 e. The van der Waals surface area contributed by atoms with Crippen molar-refractivity contribution in [2.75, 3.05) is 13.1 Å². The molecule has 1 aromatic rings. The molecule has 0 radical (unpaired) electrons. The zero-order chi connectivity index (χ0) is 13.8. The maximum atomic E-state index is 11.9. The van der Waals surface area contributed by atoms with Crippen LogP contribution in [0.4, 0.5) is 0 Å². The topological polar surface area (TPSA) is 57.6 Å². The molecule has 1 N–H and O–H groups in total. The Labute approximate surface area is 113 Å². The van der Waals surface area contributed by atoms with Gasteiger partial charge in [0.1, 0.15) is 0 Å². The lowest BCUT2D eigenvalue weighted by Crippen LogP contribution is -2.50. The Morgan fingerprint density at radius 3 is 2.47 bits per heavy atom. The summed E-state index contributed by atoms with van der Waals surface area (Å²) in [7, 11) is 0. The van der Waals surface area contributed by atoms with Gasteiger partial charge >= 0.3 is 5.97 Å². The molecule has 1 fully saturated rings. The minimum Gasteiger partial charge on any atom is -0.481 e. The molecule has 1 amide bonds. The van der Waals surface area contributed by atoms with Crippen molar-refractivity contribution in [2.45, 2.75) is 26.2 Å². The maximum absolute atomic E-state index is 11.9. The van der Waals surface area contributed by atoms with Gasteiger partial charge in [0.15, 0.2) is 0 Å². The van der Waals surface area contributed by atoms with E-state index >= 15 is 0 Å². The zero-order valence-electron chi connectivity index (χ0n) is 11.1. The van der Waals surface area contributed by atoms with Gasteiger partial charge in [-0.2, -0.15) is 0 Å². The van der Waals surface area contributed by atoms with Gasteiger partial charge in [-0.1, -0.05) is 29.8 Å². The van der Waals surface area contributed by atoms with Crippen molar-refractivity contribution in [1.29, 1.82) is 0 Å². The Balaban J connectivity index is 1.71. The normalized spacial score (nSPS) is 15.1. The first-order valence-corrected chi connectivity index (χ1v) is 6.59. The Kier molecular flexibility index (Phi) is 4.20. The summed E-state index contributed by atoms with van der Waals surface area (Å²) in [6.07, 6.45) is 1.42. The fraction of sp³-hybridized carbons (Fsp3) is 0.467. The van der Waals surface area contributed by atoms with Crippen molar-refractivity contribution in [2.24, 2.45) is 5.92 Å². The fourth-order valence-electron chi connectivity index (χ4n) is 2.31. The van der Waals surface area contributed by atoms with Gasteiger partial charge in [0.25, 0.3) is 0 Å². The molecule has 4 heteroatoms. The van der Waals surface area contributed by atoms with Crippen LogP contribution in [0.3, 0.4) is 0 Å². The van der Waals surface area contributed by atoms with E-state index in [1.807, 2.05) is 31.2 Å². The fourth-order valence-corrected chi connectivity index (χ4v) is 2.31. The quantitative estimate of drug-likeness (QED) is 0.880. The second kappa shape index (κ2) is 5.87. The Hall–Kier alpha value is -1.84. The number of benzene rings is 1. The number of hydrogen-bond acceptors (Lipinski definition) is 2. The van der Waals surface area contributed by atoms with Gasteiger partial charge in [-0.3, -0.25) is 9.59 Å². The molecule has 0 spiro atoms. The van der Waals surface area contributed by atoms with Crippen LogP contribution >= 0.6 is 0 Å². The number of aliphatic carboxylic acids is 1. The van der Waals surface area contributed by atoms with Crippen molar-refractivity contribution in [1.82, 2.24) is 4.90 Å². The van der Waals surface area contributed by atoms with E-state index < -0.39 is 5.97 Å². The molecule has 1 aromatic carbocycles. The molecule has 0 bridgehead atoms. The van der Waals surface area contributed by atoms with Gasteiger partial charge in [0, 0.05) is 25.4 Å². The molecule has 0 unspecified atom stereocenters. The first kappa shape index (κ1) is 13.6. The summed E-state index contributed by atoms with van der Waals surface area (Å²) >= 11 is 0. The van der Waals surface area contributed by atoms with Gasteiger partial charge in [0.2, 0.25) is 5.91 Å². The Morgan fingerprint density at radius 2 is 1.89 bits per heavy atom. The number of carbonyl (C=O) groups is 2. The van der Waals surface area contributed by atoms with Crippen LogP contribution in [-0.4, -0.2) is 35.0 Å². The maximum Gasteiger partial charge on any atom is 0.303 e. The zero-order valence-corrected chi connectivity index (χ0v) is 11.1. The number of nitrogens with zero attached hydrogens (tertiary/aromatic N) is 1. The van der Waals surface area contributed by atoms with E-state index in [1.54, 1.807) is 4.90 Å². The molecule has 1 aliphatic heterocycles. The molecule has 102 valence electrons. The van der Waals surface area contributed by atoms with Crippen LogP contribution in [0.2, 0.25) is 0 Å². The third-order valence-corrected chi connectivity index (χ3v) is 3.52. The highest BCUT2D eigenvalue weighted by Crippen LogP contribution is 2.20. The lowest BCUT2D eigenvalue weighted by molar-refractivity contribution is -0.145. The van der Waals surface area contributed by atoms with Crippen LogP contribution in [0.5, 0.6) is 0 Å². The predicted octanol–water partition coefficient (Wildman–Crippen LogP) is 1.86. The van der Waals surface area contributed by atoms with E-state index in [1.165, 1.54) is 11.1 Å². The van der Waals surface area contributed by atoms with Gasteiger partial charge in [-0.05, 0) is 18.9 Å². The molecule has 0 aliphatic carbocycles. The average molecular weight is 261 g/mol. The summed E-state index contributed by atoms with van der Waals surface area (Å²) in [6.45, 7) is 3.23. The van der Waals surface area contributed by atoms with Gasteiger partial charge in [-0.15, -0.1) is 0 Å². The molecule has 1 aliphatic rings. The predicted molar refractivity (Wildman–Crippen MR) is 71.8 cm³/mol.